The average molecular weight is 283 g/mol. The molecule has 0 heterocycles. The predicted molar refractivity (Wildman–Crippen MR) is 63.6 cm³/mol. The van der Waals surface area contributed by atoms with Crippen molar-refractivity contribution in [3.63, 3.8) is 0 Å². The molecule has 0 radical (unpaired) electrons. The van der Waals surface area contributed by atoms with Gasteiger partial charge in [0.1, 0.15) is 0 Å². The molecule has 0 aromatic heterocycles. The molecule has 1 atom stereocenters. The van der Waals surface area contributed by atoms with E-state index in [9.17, 15) is 8.42 Å². The van der Waals surface area contributed by atoms with Crippen LogP contribution in [-0.4, -0.2) is 25.3 Å². The molecule has 0 N–H and O–H groups in total. The van der Waals surface area contributed by atoms with Gasteiger partial charge in [-0.3, -0.25) is 0 Å². The minimum Gasteiger partial charge on any atom is -0.229 e. The average Bonchev–Trinajstić information content (AvgIpc) is 2.54. The fraction of sp³-hybridized carbons (Fsp3) is 1.00. The molecule has 0 aliphatic heterocycles. The maximum absolute atomic E-state index is 11.7. The van der Waals surface area contributed by atoms with Crippen molar-refractivity contribution in [2.45, 2.75) is 32.6 Å². The van der Waals surface area contributed by atoms with Crippen LogP contribution in [0.3, 0.4) is 0 Å². The Balaban J connectivity index is 2.40. The molecule has 1 rings (SSSR count). The second-order valence-corrected chi connectivity index (χ2v) is 7.29. The van der Waals surface area contributed by atoms with Gasteiger partial charge in [-0.1, -0.05) is 35.7 Å². The topological polar surface area (TPSA) is 34.1 Å². The van der Waals surface area contributed by atoms with Crippen molar-refractivity contribution < 1.29 is 8.42 Å². The molecule has 84 valence electrons. The Bertz CT molecular complexity index is 255. The van der Waals surface area contributed by atoms with Crippen LogP contribution in [0.15, 0.2) is 0 Å². The van der Waals surface area contributed by atoms with Gasteiger partial charge < -0.3 is 0 Å². The maximum Gasteiger partial charge on any atom is 0.150 e. The SMILES string of the molecule is CC(CBr)CS(=O)(=O)CC1CCCC1. The van der Waals surface area contributed by atoms with Crippen molar-refractivity contribution in [3.8, 4) is 0 Å². The minimum atomic E-state index is -2.81. The molecular weight excluding hydrogens is 264 g/mol. The number of alkyl halides is 1. The van der Waals surface area contributed by atoms with Crippen LogP contribution >= 0.6 is 15.9 Å². The molecule has 0 amide bonds. The molecule has 4 heteroatoms. The minimum absolute atomic E-state index is 0.237. The van der Waals surface area contributed by atoms with Gasteiger partial charge in [-0.25, -0.2) is 8.42 Å². The quantitative estimate of drug-likeness (QED) is 0.727. The fourth-order valence-corrected chi connectivity index (χ4v) is 4.79. The smallest absolute Gasteiger partial charge is 0.150 e. The van der Waals surface area contributed by atoms with Crippen LogP contribution in [0.5, 0.6) is 0 Å². The highest BCUT2D eigenvalue weighted by Crippen LogP contribution is 2.26. The summed E-state index contributed by atoms with van der Waals surface area (Å²) in [4.78, 5) is 0. The number of sulfone groups is 1. The molecule has 0 bridgehead atoms. The molecule has 1 saturated carbocycles. The zero-order chi connectivity index (χ0) is 10.6. The molecule has 0 aromatic rings. The summed E-state index contributed by atoms with van der Waals surface area (Å²) >= 11 is 3.32. The van der Waals surface area contributed by atoms with E-state index in [2.05, 4.69) is 15.9 Å². The molecule has 0 spiro atoms. The Morgan fingerprint density at radius 3 is 2.43 bits per heavy atom. The first-order chi connectivity index (χ1) is 6.53. The summed E-state index contributed by atoms with van der Waals surface area (Å²) in [5, 5.41) is 0.775. The second kappa shape index (κ2) is 5.50. The van der Waals surface area contributed by atoms with E-state index in [1.807, 2.05) is 6.92 Å². The van der Waals surface area contributed by atoms with Crippen molar-refractivity contribution in [2.75, 3.05) is 16.8 Å². The molecule has 0 saturated heterocycles. The van der Waals surface area contributed by atoms with Gasteiger partial charge in [0.2, 0.25) is 0 Å². The van der Waals surface area contributed by atoms with Gasteiger partial charge in [-0.15, -0.1) is 0 Å². The standard InChI is InChI=1S/C10H19BrO2S/c1-9(6-11)7-14(12,13)8-10-4-2-3-5-10/h9-10H,2-8H2,1H3. The van der Waals surface area contributed by atoms with Crippen LogP contribution in [0, 0.1) is 11.8 Å². The number of hydrogen-bond acceptors (Lipinski definition) is 2. The van der Waals surface area contributed by atoms with E-state index < -0.39 is 9.84 Å². The lowest BCUT2D eigenvalue weighted by Crippen LogP contribution is -2.21. The van der Waals surface area contributed by atoms with E-state index in [1.54, 1.807) is 0 Å². The van der Waals surface area contributed by atoms with Crippen molar-refractivity contribution >= 4 is 25.8 Å². The fourth-order valence-electron chi connectivity index (χ4n) is 2.08. The monoisotopic (exact) mass is 282 g/mol. The predicted octanol–water partition coefficient (Wildman–Crippen LogP) is 2.62. The van der Waals surface area contributed by atoms with Gasteiger partial charge in [-0.05, 0) is 24.7 Å². The highest BCUT2D eigenvalue weighted by atomic mass is 79.9. The third-order valence-electron chi connectivity index (χ3n) is 2.77. The molecule has 0 aromatic carbocycles. The van der Waals surface area contributed by atoms with Gasteiger partial charge in [0.25, 0.3) is 0 Å². The Kier molecular flexibility index (Phi) is 4.91. The number of hydrogen-bond donors (Lipinski definition) is 0. The molecule has 1 unspecified atom stereocenters. The first kappa shape index (κ1) is 12.5. The van der Waals surface area contributed by atoms with Crippen molar-refractivity contribution in [2.24, 2.45) is 11.8 Å². The Labute approximate surface area is 95.5 Å². The first-order valence-corrected chi connectivity index (χ1v) is 8.24. The third kappa shape index (κ3) is 4.30. The number of rotatable bonds is 5. The van der Waals surface area contributed by atoms with E-state index >= 15 is 0 Å². The van der Waals surface area contributed by atoms with Crippen LogP contribution in [0.4, 0.5) is 0 Å². The summed E-state index contributed by atoms with van der Waals surface area (Å²) in [6.07, 6.45) is 4.66. The van der Waals surface area contributed by atoms with Gasteiger partial charge in [0.15, 0.2) is 9.84 Å². The summed E-state index contributed by atoms with van der Waals surface area (Å²) in [6.45, 7) is 1.97. The Hall–Kier alpha value is 0.430. The summed E-state index contributed by atoms with van der Waals surface area (Å²) in [5.74, 6) is 1.45. The van der Waals surface area contributed by atoms with E-state index in [0.717, 1.165) is 18.2 Å². The lowest BCUT2D eigenvalue weighted by atomic mass is 10.1. The van der Waals surface area contributed by atoms with Crippen LogP contribution < -0.4 is 0 Å². The summed E-state index contributed by atoms with van der Waals surface area (Å²) in [6, 6.07) is 0. The van der Waals surface area contributed by atoms with Crippen molar-refractivity contribution in [1.29, 1.82) is 0 Å². The molecular formula is C10H19BrO2S. The van der Waals surface area contributed by atoms with E-state index in [1.165, 1.54) is 12.8 Å². The Morgan fingerprint density at radius 1 is 1.36 bits per heavy atom. The molecule has 1 aliphatic rings. The van der Waals surface area contributed by atoms with Crippen LogP contribution in [0.25, 0.3) is 0 Å². The molecule has 1 aliphatic carbocycles. The molecule has 14 heavy (non-hydrogen) atoms. The molecule has 1 fully saturated rings. The number of halogens is 1. The van der Waals surface area contributed by atoms with Crippen LogP contribution in [-0.2, 0) is 9.84 Å². The maximum atomic E-state index is 11.7. The van der Waals surface area contributed by atoms with Crippen molar-refractivity contribution in [1.82, 2.24) is 0 Å². The highest BCUT2D eigenvalue weighted by Gasteiger charge is 2.23. The van der Waals surface area contributed by atoms with E-state index in [4.69, 9.17) is 0 Å². The Morgan fingerprint density at radius 2 is 1.93 bits per heavy atom. The van der Waals surface area contributed by atoms with Gasteiger partial charge >= 0.3 is 0 Å². The van der Waals surface area contributed by atoms with Crippen molar-refractivity contribution in [3.05, 3.63) is 0 Å². The second-order valence-electron chi connectivity index (χ2n) is 4.49. The van der Waals surface area contributed by atoms with Crippen LogP contribution in [0.2, 0.25) is 0 Å². The summed E-state index contributed by atoms with van der Waals surface area (Å²) in [5.41, 5.74) is 0. The molecule has 2 nitrogen and oxygen atoms in total. The van der Waals surface area contributed by atoms with Crippen LogP contribution in [0.1, 0.15) is 32.6 Å². The highest BCUT2D eigenvalue weighted by molar-refractivity contribution is 9.09. The van der Waals surface area contributed by atoms with Gasteiger partial charge in [-0.2, -0.15) is 0 Å². The normalized spacial score (nSPS) is 21.3. The zero-order valence-electron chi connectivity index (χ0n) is 8.71. The lowest BCUT2D eigenvalue weighted by Gasteiger charge is -2.12. The van der Waals surface area contributed by atoms with E-state index in [-0.39, 0.29) is 5.92 Å². The van der Waals surface area contributed by atoms with E-state index in [0.29, 0.717) is 17.4 Å². The lowest BCUT2D eigenvalue weighted by molar-refractivity contribution is 0.550. The van der Waals surface area contributed by atoms with Gasteiger partial charge in [0, 0.05) is 5.33 Å². The zero-order valence-corrected chi connectivity index (χ0v) is 11.1. The first-order valence-electron chi connectivity index (χ1n) is 5.30. The summed E-state index contributed by atoms with van der Waals surface area (Å²) in [7, 11) is -2.81. The van der Waals surface area contributed by atoms with Gasteiger partial charge in [0.05, 0.1) is 11.5 Å². The summed E-state index contributed by atoms with van der Waals surface area (Å²) < 4.78 is 23.5. The largest absolute Gasteiger partial charge is 0.229 e. The third-order valence-corrected chi connectivity index (χ3v) is 5.93.